The van der Waals surface area contributed by atoms with Crippen molar-refractivity contribution in [2.45, 2.75) is 63.7 Å². The highest BCUT2D eigenvalue weighted by molar-refractivity contribution is 6.04. The van der Waals surface area contributed by atoms with Gasteiger partial charge in [0.15, 0.2) is 0 Å². The number of hydrogen-bond acceptors (Lipinski definition) is 10. The molecule has 0 saturated carbocycles. The van der Waals surface area contributed by atoms with E-state index >= 15 is 0 Å². The van der Waals surface area contributed by atoms with Gasteiger partial charge in [-0.15, -0.1) is 0 Å². The summed E-state index contributed by atoms with van der Waals surface area (Å²) in [6.07, 6.45) is 4.20. The summed E-state index contributed by atoms with van der Waals surface area (Å²) < 4.78 is 9.45. The van der Waals surface area contributed by atoms with Crippen LogP contribution in [0.25, 0.3) is 22.5 Å². The molecule has 2 saturated heterocycles. The van der Waals surface area contributed by atoms with Gasteiger partial charge >= 0.3 is 18.2 Å². The number of imide groups is 1. The minimum Gasteiger partial charge on any atom is -0.453 e. The van der Waals surface area contributed by atoms with Gasteiger partial charge in [-0.05, 0) is 54.9 Å². The van der Waals surface area contributed by atoms with E-state index in [-0.39, 0.29) is 24.4 Å². The van der Waals surface area contributed by atoms with Gasteiger partial charge in [-0.3, -0.25) is 24.7 Å². The molecule has 0 bridgehead atoms. The van der Waals surface area contributed by atoms with Crippen LogP contribution in [0.1, 0.15) is 63.0 Å². The van der Waals surface area contributed by atoms with Crippen LogP contribution < -0.4 is 21.3 Å². The second-order valence-electron chi connectivity index (χ2n) is 14.4. The summed E-state index contributed by atoms with van der Waals surface area (Å²) in [5.74, 6) is -0.789. The normalized spacial score (nSPS) is 17.3. The Balaban J connectivity index is 1.04. The molecular formula is C41H47N9O8. The molecule has 4 aromatic rings. The van der Waals surface area contributed by atoms with E-state index < -0.39 is 48.2 Å². The van der Waals surface area contributed by atoms with Crippen LogP contribution in [0.5, 0.6) is 0 Å². The molecule has 304 valence electrons. The Bertz CT molecular complexity index is 2110. The van der Waals surface area contributed by atoms with Crippen LogP contribution in [0.4, 0.5) is 20.1 Å². The quantitative estimate of drug-likeness (QED) is 0.138. The van der Waals surface area contributed by atoms with Gasteiger partial charge in [0.25, 0.3) is 11.8 Å². The van der Waals surface area contributed by atoms with Gasteiger partial charge in [-0.25, -0.2) is 19.4 Å². The largest absolute Gasteiger partial charge is 0.453 e. The number of benzene rings is 2. The molecule has 2 aromatic carbocycles. The maximum Gasteiger partial charge on any atom is 0.407 e. The minimum absolute atomic E-state index is 0.135. The lowest BCUT2D eigenvalue weighted by molar-refractivity contribution is -0.139. The summed E-state index contributed by atoms with van der Waals surface area (Å²) in [6.45, 7) is 4.58. The number of H-pyrrole nitrogens is 1. The molecule has 2 aromatic heterocycles. The van der Waals surface area contributed by atoms with Crippen molar-refractivity contribution in [2.24, 2.45) is 5.92 Å². The third-order valence-corrected chi connectivity index (χ3v) is 10.3. The fourth-order valence-electron chi connectivity index (χ4n) is 7.24. The first-order chi connectivity index (χ1) is 28.0. The zero-order chi connectivity index (χ0) is 41.3. The van der Waals surface area contributed by atoms with Gasteiger partial charge < -0.3 is 40.2 Å². The van der Waals surface area contributed by atoms with Gasteiger partial charge in [-0.1, -0.05) is 68.4 Å². The number of urea groups is 1. The van der Waals surface area contributed by atoms with Crippen molar-refractivity contribution in [1.82, 2.24) is 40.7 Å². The second kappa shape index (κ2) is 18.4. The fourth-order valence-corrected chi connectivity index (χ4v) is 7.24. The van der Waals surface area contributed by atoms with E-state index in [1.807, 2.05) is 38.1 Å². The number of aromatic amines is 1. The van der Waals surface area contributed by atoms with Gasteiger partial charge in [0, 0.05) is 18.7 Å². The highest BCUT2D eigenvalue weighted by Crippen LogP contribution is 2.33. The molecule has 0 aliphatic carbocycles. The van der Waals surface area contributed by atoms with Crippen LogP contribution in [-0.2, 0) is 23.9 Å². The van der Waals surface area contributed by atoms with Crippen LogP contribution >= 0.6 is 0 Å². The van der Waals surface area contributed by atoms with Crippen molar-refractivity contribution >= 4 is 41.6 Å². The molecule has 2 fully saturated rings. The minimum atomic E-state index is -1.08. The molecule has 5 N–H and O–H groups in total. The van der Waals surface area contributed by atoms with E-state index in [0.717, 1.165) is 29.7 Å². The second-order valence-corrected chi connectivity index (χ2v) is 14.4. The zero-order valence-corrected chi connectivity index (χ0v) is 32.7. The number of imidazole rings is 1. The van der Waals surface area contributed by atoms with Gasteiger partial charge in [0.1, 0.15) is 23.9 Å². The molecule has 4 unspecified atom stereocenters. The van der Waals surface area contributed by atoms with Gasteiger partial charge in [-0.2, -0.15) is 0 Å². The zero-order valence-electron chi connectivity index (χ0n) is 32.7. The van der Waals surface area contributed by atoms with E-state index in [0.29, 0.717) is 42.2 Å². The number of pyridine rings is 1. The number of nitrogens with zero attached hydrogens (tertiary/aromatic N) is 4. The molecule has 4 heterocycles. The van der Waals surface area contributed by atoms with E-state index in [2.05, 4.69) is 36.2 Å². The number of rotatable bonds is 11. The van der Waals surface area contributed by atoms with Crippen molar-refractivity contribution in [1.29, 1.82) is 0 Å². The molecular weight excluding hydrogens is 747 g/mol. The number of hydrogen-bond donors (Lipinski definition) is 5. The Hall–Kier alpha value is -6.78. The van der Waals surface area contributed by atoms with Crippen LogP contribution in [0.15, 0.2) is 79.1 Å². The lowest BCUT2D eigenvalue weighted by Crippen LogP contribution is -2.51. The first-order valence-electron chi connectivity index (χ1n) is 19.1. The number of ether oxygens (including phenoxy) is 2. The van der Waals surface area contributed by atoms with Crippen molar-refractivity contribution in [2.75, 3.05) is 32.6 Å². The molecule has 17 nitrogen and oxygen atoms in total. The topological polar surface area (TPSA) is 217 Å². The number of amides is 7. The monoisotopic (exact) mass is 793 g/mol. The number of methoxy groups -OCH3 is 2. The third kappa shape index (κ3) is 9.42. The number of aromatic nitrogens is 3. The lowest BCUT2D eigenvalue weighted by Gasteiger charge is -2.30. The molecule has 58 heavy (non-hydrogen) atoms. The number of carbonyl (C=O) groups is 6. The van der Waals surface area contributed by atoms with Crippen molar-refractivity contribution in [3.8, 4) is 22.5 Å². The SMILES string of the molecule is COC(=O)NC(C(=O)N1CCCC1C(=O)NC(=O)Nc1ccc(-c2ccc(-c3cnc(C4CCCN4C(=O)C(NC(=O)OC)C(C)C)[nH]3)cc2)nc1)c1ccccc1. The first-order valence-corrected chi connectivity index (χ1v) is 19.1. The van der Waals surface area contributed by atoms with E-state index in [1.165, 1.54) is 25.3 Å². The van der Waals surface area contributed by atoms with E-state index in [9.17, 15) is 28.8 Å². The Labute approximate surface area is 335 Å². The number of likely N-dealkylation sites (tertiary alicyclic amines) is 2. The summed E-state index contributed by atoms with van der Waals surface area (Å²) in [6, 6.07) is 16.0. The summed E-state index contributed by atoms with van der Waals surface area (Å²) in [5, 5.41) is 10.2. The summed E-state index contributed by atoms with van der Waals surface area (Å²) >= 11 is 0. The van der Waals surface area contributed by atoms with Crippen LogP contribution in [-0.4, -0.2) is 100 Å². The molecule has 2 aliphatic rings. The van der Waals surface area contributed by atoms with E-state index in [1.54, 1.807) is 53.6 Å². The maximum absolute atomic E-state index is 13.6. The number of alkyl carbamates (subject to hydrolysis) is 2. The van der Waals surface area contributed by atoms with E-state index in [4.69, 9.17) is 9.47 Å². The Kier molecular flexibility index (Phi) is 13.0. The highest BCUT2D eigenvalue weighted by atomic mass is 16.5. The highest BCUT2D eigenvalue weighted by Gasteiger charge is 2.40. The summed E-state index contributed by atoms with van der Waals surface area (Å²) in [4.78, 5) is 92.8. The predicted molar refractivity (Wildman–Crippen MR) is 212 cm³/mol. The van der Waals surface area contributed by atoms with Crippen molar-refractivity contribution in [3.05, 3.63) is 90.5 Å². The average Bonchev–Trinajstić information content (AvgIpc) is 4.04. The standard InChI is InChI=1S/C41H47N9O8/c1-24(2)33(46-40(55)57-3)37(52)49-20-8-12-31(49)35-43-23-30(45-35)26-16-14-25(15-17-26)29-19-18-28(22-42-29)44-39(54)48-36(51)32-13-9-21-50(32)38(53)34(47-41(56)58-4)27-10-6-5-7-11-27/h5-7,10-11,14-19,22-24,31-34H,8-9,12-13,20-21H2,1-4H3,(H,43,45)(H,46,55)(H,47,56)(H2,44,48,51,54). The Morgan fingerprint density at radius 1 is 0.759 bits per heavy atom. The number of carbonyl (C=O) groups excluding carboxylic acids is 6. The number of nitrogens with one attached hydrogen (secondary N) is 5. The van der Waals surface area contributed by atoms with Crippen LogP contribution in [0.3, 0.4) is 0 Å². The average molecular weight is 794 g/mol. The Morgan fingerprint density at radius 3 is 2.10 bits per heavy atom. The molecule has 0 radical (unpaired) electrons. The molecule has 2 aliphatic heterocycles. The summed E-state index contributed by atoms with van der Waals surface area (Å²) in [7, 11) is 2.46. The Morgan fingerprint density at radius 2 is 1.43 bits per heavy atom. The maximum atomic E-state index is 13.6. The smallest absolute Gasteiger partial charge is 0.407 e. The third-order valence-electron chi connectivity index (χ3n) is 10.3. The molecule has 0 spiro atoms. The summed E-state index contributed by atoms with van der Waals surface area (Å²) in [5.41, 5.74) is 4.00. The predicted octanol–water partition coefficient (Wildman–Crippen LogP) is 4.92. The fraction of sp³-hybridized carbons (Fsp3) is 0.366. The van der Waals surface area contributed by atoms with Crippen molar-refractivity contribution < 1.29 is 38.2 Å². The number of anilines is 1. The first kappa shape index (κ1) is 40.9. The van der Waals surface area contributed by atoms with Crippen LogP contribution in [0, 0.1) is 5.92 Å². The van der Waals surface area contributed by atoms with Gasteiger partial charge in [0.2, 0.25) is 5.91 Å². The lowest BCUT2D eigenvalue weighted by atomic mass is 10.0. The van der Waals surface area contributed by atoms with Crippen LogP contribution in [0.2, 0.25) is 0 Å². The molecule has 17 heteroatoms. The molecule has 4 atom stereocenters. The molecule has 6 rings (SSSR count). The van der Waals surface area contributed by atoms with Gasteiger partial charge in [0.05, 0.1) is 49.7 Å². The molecule has 7 amide bonds. The van der Waals surface area contributed by atoms with Crippen molar-refractivity contribution in [3.63, 3.8) is 0 Å².